The second-order valence-electron chi connectivity index (χ2n) is 2.57. The van der Waals surface area contributed by atoms with E-state index < -0.39 is 0 Å². The van der Waals surface area contributed by atoms with Crippen molar-refractivity contribution in [2.45, 2.75) is 0 Å². The lowest BCUT2D eigenvalue weighted by atomic mass is 9.98. The fraction of sp³-hybridized carbons (Fsp3) is 0. The number of halogens is 2. The lowest BCUT2D eigenvalue weighted by Gasteiger charge is -2.00. The van der Waals surface area contributed by atoms with Crippen LogP contribution in [0.1, 0.15) is 0 Å². The van der Waals surface area contributed by atoms with Gasteiger partial charge in [0.15, 0.2) is 13.0 Å². The van der Waals surface area contributed by atoms with Crippen LogP contribution in [0.5, 0.6) is 5.88 Å². The zero-order chi connectivity index (χ0) is 10.5. The summed E-state index contributed by atoms with van der Waals surface area (Å²) in [5.74, 6) is -0.159. The highest BCUT2D eigenvalue weighted by Gasteiger charge is 2.16. The minimum absolute atomic E-state index is 0.0414. The quantitative estimate of drug-likeness (QED) is 0.651. The molecule has 0 amide bonds. The first-order chi connectivity index (χ1) is 6.52. The van der Waals surface area contributed by atoms with Crippen molar-refractivity contribution in [2.75, 3.05) is 0 Å². The Morgan fingerprint density at radius 3 is 2.71 bits per heavy atom. The van der Waals surface area contributed by atoms with Gasteiger partial charge in [-0.3, -0.25) is 0 Å². The molecule has 2 heterocycles. The van der Waals surface area contributed by atoms with E-state index in [2.05, 4.69) is 26.0 Å². The Kier molecular flexibility index (Phi) is 2.23. The van der Waals surface area contributed by atoms with E-state index in [1.165, 1.54) is 0 Å². The monoisotopic (exact) mass is 267 g/mol. The molecule has 66 valence electrons. The predicted molar refractivity (Wildman–Crippen MR) is 58.1 cm³/mol. The van der Waals surface area contributed by atoms with Crippen molar-refractivity contribution < 1.29 is 5.11 Å². The molecular weight excluding hydrogens is 267 g/mol. The molecule has 0 saturated heterocycles. The third-order valence-electron chi connectivity index (χ3n) is 1.71. The average molecular weight is 268 g/mol. The van der Waals surface area contributed by atoms with E-state index in [0.29, 0.717) is 9.99 Å². The molecule has 1 N–H and O–H groups in total. The van der Waals surface area contributed by atoms with E-state index >= 15 is 0 Å². The molecule has 0 aliphatic heterocycles. The average Bonchev–Trinajstić information content (AvgIpc) is 2.31. The number of nitrogens with zero attached hydrogens (tertiary/aromatic N) is 3. The molecule has 4 nitrogen and oxygen atoms in total. The summed E-state index contributed by atoms with van der Waals surface area (Å²) in [7, 11) is 11.0. The van der Waals surface area contributed by atoms with Crippen LogP contribution < -0.4 is 11.2 Å². The molecule has 4 radical (unpaired) electrons. The van der Waals surface area contributed by atoms with Gasteiger partial charge in [0.25, 0.3) is 0 Å². The molecule has 2 rings (SSSR count). The Bertz CT molecular complexity index is 530. The normalized spacial score (nSPS) is 11.0. The minimum atomic E-state index is -0.159. The molecule has 2 aromatic rings. The summed E-state index contributed by atoms with van der Waals surface area (Å²) >= 11 is 8.88. The molecule has 0 aromatic carbocycles. The van der Waals surface area contributed by atoms with E-state index in [1.54, 1.807) is 0 Å². The highest BCUT2D eigenvalue weighted by molar-refractivity contribution is 9.10. The summed E-state index contributed by atoms with van der Waals surface area (Å²) in [6.07, 6.45) is 0. The molecule has 14 heavy (non-hydrogen) atoms. The Labute approximate surface area is 95.2 Å². The molecule has 0 bridgehead atoms. The van der Waals surface area contributed by atoms with Crippen LogP contribution in [0, 0.1) is 0 Å². The highest BCUT2D eigenvalue weighted by atomic mass is 79.9. The van der Waals surface area contributed by atoms with Gasteiger partial charge in [0.1, 0.15) is 13.4 Å². The van der Waals surface area contributed by atoms with Gasteiger partial charge in [0.05, 0.1) is 10.2 Å². The predicted octanol–water partition coefficient (Wildman–Crippen LogP) is -0.562. The van der Waals surface area contributed by atoms with Crippen LogP contribution in [-0.2, 0) is 0 Å². The van der Waals surface area contributed by atoms with Gasteiger partial charge in [-0.1, -0.05) is 11.6 Å². The number of rotatable bonds is 0. The van der Waals surface area contributed by atoms with Gasteiger partial charge in [0.2, 0.25) is 5.88 Å². The second-order valence-corrected chi connectivity index (χ2v) is 3.72. The molecule has 0 fully saturated rings. The van der Waals surface area contributed by atoms with Gasteiger partial charge in [-0.25, -0.2) is 4.98 Å². The SMILES string of the molecule is [B]c1nc(Cl)c2c([B])c(Br)c(O)n2n1. The van der Waals surface area contributed by atoms with Crippen molar-refractivity contribution in [3.63, 3.8) is 0 Å². The molecule has 0 aliphatic rings. The van der Waals surface area contributed by atoms with E-state index in [4.69, 9.17) is 27.3 Å². The maximum absolute atomic E-state index is 9.56. The van der Waals surface area contributed by atoms with Gasteiger partial charge in [-0.05, 0) is 21.4 Å². The van der Waals surface area contributed by atoms with E-state index in [-0.39, 0.29) is 22.2 Å². The van der Waals surface area contributed by atoms with Crippen molar-refractivity contribution in [3.05, 3.63) is 9.63 Å². The Balaban J connectivity index is 3.02. The fourth-order valence-corrected chi connectivity index (χ4v) is 1.74. The highest BCUT2D eigenvalue weighted by Crippen LogP contribution is 2.26. The van der Waals surface area contributed by atoms with Crippen molar-refractivity contribution in [3.8, 4) is 5.88 Å². The third-order valence-corrected chi connectivity index (χ3v) is 2.76. The smallest absolute Gasteiger partial charge is 0.226 e. The maximum atomic E-state index is 9.56. The molecule has 0 spiro atoms. The Morgan fingerprint density at radius 2 is 2.07 bits per heavy atom. The van der Waals surface area contributed by atoms with Crippen LogP contribution in [-0.4, -0.2) is 35.4 Å². The van der Waals surface area contributed by atoms with Crippen LogP contribution in [0.4, 0.5) is 0 Å². The van der Waals surface area contributed by atoms with Gasteiger partial charge >= 0.3 is 0 Å². The lowest BCUT2D eigenvalue weighted by molar-refractivity contribution is 0.436. The van der Waals surface area contributed by atoms with E-state index in [1.807, 2.05) is 0 Å². The number of hydrogen-bond acceptors (Lipinski definition) is 3. The fourth-order valence-electron chi connectivity index (χ4n) is 1.11. The van der Waals surface area contributed by atoms with Crippen LogP contribution in [0.25, 0.3) is 5.52 Å². The summed E-state index contributed by atoms with van der Waals surface area (Å²) in [6.45, 7) is 0. The molecule has 0 atom stereocenters. The van der Waals surface area contributed by atoms with Gasteiger partial charge in [0, 0.05) is 0 Å². The Hall–Kier alpha value is -0.680. The van der Waals surface area contributed by atoms with Crippen molar-refractivity contribution in [2.24, 2.45) is 0 Å². The second kappa shape index (κ2) is 3.17. The van der Waals surface area contributed by atoms with Gasteiger partial charge in [-0.15, -0.1) is 0 Å². The van der Waals surface area contributed by atoms with Crippen LogP contribution in [0.2, 0.25) is 5.15 Å². The minimum Gasteiger partial charge on any atom is -0.492 e. The van der Waals surface area contributed by atoms with E-state index in [9.17, 15) is 5.11 Å². The van der Waals surface area contributed by atoms with Crippen LogP contribution in [0.3, 0.4) is 0 Å². The summed E-state index contributed by atoms with van der Waals surface area (Å²) in [5.41, 5.74) is 0.554. The zero-order valence-corrected chi connectivity index (χ0v) is 9.04. The third kappa shape index (κ3) is 1.23. The number of hydrogen-bond donors (Lipinski definition) is 1. The molecule has 2 aromatic heterocycles. The van der Waals surface area contributed by atoms with Crippen molar-refractivity contribution in [1.82, 2.24) is 14.6 Å². The van der Waals surface area contributed by atoms with Gasteiger partial charge < -0.3 is 5.11 Å². The van der Waals surface area contributed by atoms with Gasteiger partial charge in [-0.2, -0.15) is 9.61 Å². The topological polar surface area (TPSA) is 50.4 Å². The Morgan fingerprint density at radius 1 is 1.43 bits per heavy atom. The summed E-state index contributed by atoms with van der Waals surface area (Å²) in [6, 6.07) is 0. The van der Waals surface area contributed by atoms with Crippen LogP contribution in [0.15, 0.2) is 4.47 Å². The van der Waals surface area contributed by atoms with E-state index in [0.717, 1.165) is 4.52 Å². The van der Waals surface area contributed by atoms with Crippen LogP contribution >= 0.6 is 27.5 Å². The van der Waals surface area contributed by atoms with Crippen molar-refractivity contribution in [1.29, 1.82) is 0 Å². The largest absolute Gasteiger partial charge is 0.492 e. The summed E-state index contributed by atoms with van der Waals surface area (Å²) in [5, 5.41) is 13.4. The first-order valence-corrected chi connectivity index (χ1v) is 4.67. The molecule has 0 unspecified atom stereocenters. The summed E-state index contributed by atoms with van der Waals surface area (Å²) < 4.78 is 1.45. The van der Waals surface area contributed by atoms with Crippen molar-refractivity contribution >= 4 is 59.9 Å². The molecule has 0 saturated carbocycles. The standard InChI is InChI=1S/C6HB2BrClN3O/c7-1-2(9)5(14)13-3(1)4(10)11-6(8)12-13/h14H. The maximum Gasteiger partial charge on any atom is 0.226 e. The lowest BCUT2D eigenvalue weighted by Crippen LogP contribution is -2.19. The number of fused-ring (bicyclic) bond motifs is 1. The molecule has 0 aliphatic carbocycles. The number of aromatic hydroxyl groups is 1. The number of aromatic nitrogens is 3. The first kappa shape index (κ1) is 9.86. The molecule has 8 heteroatoms. The molecular formula is C6HB2BrClN3O. The first-order valence-electron chi connectivity index (χ1n) is 3.50. The zero-order valence-electron chi connectivity index (χ0n) is 6.70. The summed E-state index contributed by atoms with van der Waals surface area (Å²) in [4.78, 5) is 3.72.